The van der Waals surface area contributed by atoms with Crippen molar-refractivity contribution in [3.63, 3.8) is 0 Å². The lowest BCUT2D eigenvalue weighted by molar-refractivity contribution is 0.638. The van der Waals surface area contributed by atoms with Gasteiger partial charge in [0.05, 0.1) is 6.33 Å². The summed E-state index contributed by atoms with van der Waals surface area (Å²) in [5.41, 5.74) is 0.828. The molecule has 0 unspecified atom stereocenters. The highest BCUT2D eigenvalue weighted by atomic mass is 16.1. The second kappa shape index (κ2) is 5.38. The molecule has 4 heterocycles. The van der Waals surface area contributed by atoms with Gasteiger partial charge >= 0.3 is 0 Å². The molecule has 23 heavy (non-hydrogen) atoms. The lowest BCUT2D eigenvalue weighted by Crippen LogP contribution is -2.47. The molecule has 3 aromatic heterocycles. The largest absolute Gasteiger partial charge is 0.353 e. The van der Waals surface area contributed by atoms with Crippen LogP contribution in [0.3, 0.4) is 0 Å². The zero-order valence-electron chi connectivity index (χ0n) is 12.8. The fraction of sp³-hybridized carbons (Fsp3) is 0.333. The molecule has 0 amide bonds. The van der Waals surface area contributed by atoms with Crippen LogP contribution in [0.25, 0.3) is 5.65 Å². The number of aryl methyl sites for hydroxylation is 1. The monoisotopic (exact) mass is 311 g/mol. The maximum absolute atomic E-state index is 11.7. The SMILES string of the molecule is Cn1cnc(N2CCN(c3nccn4ccnc34)CC2)cc1=O. The summed E-state index contributed by atoms with van der Waals surface area (Å²) in [6.07, 6.45) is 8.95. The second-order valence-corrected chi connectivity index (χ2v) is 5.58. The van der Waals surface area contributed by atoms with Crippen LogP contribution in [0.15, 0.2) is 42.0 Å². The zero-order valence-corrected chi connectivity index (χ0v) is 12.8. The van der Waals surface area contributed by atoms with Crippen molar-refractivity contribution in [1.29, 1.82) is 0 Å². The number of anilines is 2. The van der Waals surface area contributed by atoms with Gasteiger partial charge in [-0.3, -0.25) is 4.79 Å². The van der Waals surface area contributed by atoms with E-state index in [0.717, 1.165) is 43.5 Å². The number of aromatic nitrogens is 5. The maximum Gasteiger partial charge on any atom is 0.255 e. The van der Waals surface area contributed by atoms with E-state index in [2.05, 4.69) is 24.8 Å². The van der Waals surface area contributed by atoms with Crippen molar-refractivity contribution >= 4 is 17.3 Å². The summed E-state index contributed by atoms with van der Waals surface area (Å²) in [7, 11) is 1.70. The molecule has 0 saturated carbocycles. The van der Waals surface area contributed by atoms with Crippen molar-refractivity contribution in [2.24, 2.45) is 7.05 Å². The van der Waals surface area contributed by atoms with Gasteiger partial charge in [0, 0.05) is 64.1 Å². The molecular formula is C15H17N7O. The highest BCUT2D eigenvalue weighted by Crippen LogP contribution is 2.20. The van der Waals surface area contributed by atoms with Gasteiger partial charge in [-0.1, -0.05) is 0 Å². The number of fused-ring (bicyclic) bond motifs is 1. The standard InChI is InChI=1S/C15H17N7O/c1-19-11-18-12(10-13(19)23)20-6-8-22(9-7-20)15-14-16-2-4-21(14)5-3-17-15/h2-5,10-11H,6-9H2,1H3. The summed E-state index contributed by atoms with van der Waals surface area (Å²) in [5, 5.41) is 0. The summed E-state index contributed by atoms with van der Waals surface area (Å²) >= 11 is 0. The van der Waals surface area contributed by atoms with Crippen LogP contribution in [0.1, 0.15) is 0 Å². The number of hydrogen-bond acceptors (Lipinski definition) is 6. The fourth-order valence-corrected chi connectivity index (χ4v) is 2.84. The van der Waals surface area contributed by atoms with Crippen molar-refractivity contribution in [2.75, 3.05) is 36.0 Å². The van der Waals surface area contributed by atoms with E-state index in [9.17, 15) is 4.79 Å². The van der Waals surface area contributed by atoms with Gasteiger partial charge in [-0.05, 0) is 0 Å². The summed E-state index contributed by atoms with van der Waals surface area (Å²) in [4.78, 5) is 29.3. The van der Waals surface area contributed by atoms with Gasteiger partial charge in [0.15, 0.2) is 11.5 Å². The minimum absolute atomic E-state index is 0.0405. The van der Waals surface area contributed by atoms with E-state index in [4.69, 9.17) is 0 Å². The van der Waals surface area contributed by atoms with E-state index < -0.39 is 0 Å². The predicted octanol–water partition coefficient (Wildman–Crippen LogP) is 0.150. The Kier molecular flexibility index (Phi) is 3.22. The smallest absolute Gasteiger partial charge is 0.255 e. The quantitative estimate of drug-likeness (QED) is 0.671. The van der Waals surface area contributed by atoms with E-state index in [0.29, 0.717) is 0 Å². The number of hydrogen-bond donors (Lipinski definition) is 0. The van der Waals surface area contributed by atoms with Crippen molar-refractivity contribution in [3.05, 3.63) is 47.5 Å². The van der Waals surface area contributed by atoms with E-state index in [1.807, 2.05) is 16.8 Å². The van der Waals surface area contributed by atoms with Gasteiger partial charge in [0.2, 0.25) is 0 Å². The highest BCUT2D eigenvalue weighted by Gasteiger charge is 2.21. The van der Waals surface area contributed by atoms with Gasteiger partial charge in [0.25, 0.3) is 5.56 Å². The molecule has 0 spiro atoms. The Balaban J connectivity index is 1.54. The molecule has 1 saturated heterocycles. The third kappa shape index (κ3) is 2.41. The Morgan fingerprint density at radius 1 is 0.957 bits per heavy atom. The first kappa shape index (κ1) is 13.7. The molecule has 0 aromatic carbocycles. The van der Waals surface area contributed by atoms with Crippen molar-refractivity contribution in [3.8, 4) is 0 Å². The Morgan fingerprint density at radius 2 is 1.65 bits per heavy atom. The van der Waals surface area contributed by atoms with Crippen LogP contribution in [-0.2, 0) is 7.05 Å². The second-order valence-electron chi connectivity index (χ2n) is 5.58. The van der Waals surface area contributed by atoms with Gasteiger partial charge in [-0.2, -0.15) is 0 Å². The van der Waals surface area contributed by atoms with E-state index in [-0.39, 0.29) is 5.56 Å². The van der Waals surface area contributed by atoms with E-state index in [1.54, 1.807) is 31.8 Å². The summed E-state index contributed by atoms with van der Waals surface area (Å²) < 4.78 is 3.44. The molecule has 1 aliphatic rings. The summed E-state index contributed by atoms with van der Waals surface area (Å²) in [5.74, 6) is 1.63. The van der Waals surface area contributed by atoms with Crippen LogP contribution in [0.4, 0.5) is 11.6 Å². The molecule has 3 aromatic rings. The highest BCUT2D eigenvalue weighted by molar-refractivity contribution is 5.64. The number of nitrogens with zero attached hydrogens (tertiary/aromatic N) is 7. The van der Waals surface area contributed by atoms with Crippen LogP contribution in [0.5, 0.6) is 0 Å². The van der Waals surface area contributed by atoms with Crippen LogP contribution >= 0.6 is 0 Å². The minimum atomic E-state index is -0.0405. The number of imidazole rings is 1. The third-order valence-corrected chi connectivity index (χ3v) is 4.16. The predicted molar refractivity (Wildman–Crippen MR) is 86.9 cm³/mol. The Labute approximate surface area is 132 Å². The van der Waals surface area contributed by atoms with Gasteiger partial charge in [-0.15, -0.1) is 0 Å². The molecule has 0 atom stereocenters. The topological polar surface area (TPSA) is 71.6 Å². The molecule has 0 N–H and O–H groups in total. The Morgan fingerprint density at radius 3 is 2.39 bits per heavy atom. The average molecular weight is 311 g/mol. The van der Waals surface area contributed by atoms with Crippen LogP contribution in [0, 0.1) is 0 Å². The van der Waals surface area contributed by atoms with Gasteiger partial charge in [-0.25, -0.2) is 15.0 Å². The third-order valence-electron chi connectivity index (χ3n) is 4.16. The molecule has 8 nitrogen and oxygen atoms in total. The van der Waals surface area contributed by atoms with E-state index >= 15 is 0 Å². The van der Waals surface area contributed by atoms with Crippen LogP contribution in [-0.4, -0.2) is 50.1 Å². The first-order chi connectivity index (χ1) is 11.2. The normalized spacial score (nSPS) is 15.3. The lowest BCUT2D eigenvalue weighted by Gasteiger charge is -2.35. The molecule has 4 rings (SSSR count). The molecule has 0 radical (unpaired) electrons. The molecule has 118 valence electrons. The van der Waals surface area contributed by atoms with Crippen molar-refractivity contribution in [1.82, 2.24) is 23.9 Å². The molecule has 8 heteroatoms. The lowest BCUT2D eigenvalue weighted by atomic mass is 10.3. The number of rotatable bonds is 2. The van der Waals surface area contributed by atoms with Crippen molar-refractivity contribution in [2.45, 2.75) is 0 Å². The zero-order chi connectivity index (χ0) is 15.8. The number of piperazine rings is 1. The Hall–Kier alpha value is -2.90. The molecule has 1 fully saturated rings. The van der Waals surface area contributed by atoms with Crippen molar-refractivity contribution < 1.29 is 0 Å². The van der Waals surface area contributed by atoms with Crippen LogP contribution in [0.2, 0.25) is 0 Å². The first-order valence-corrected chi connectivity index (χ1v) is 7.52. The van der Waals surface area contributed by atoms with Gasteiger partial charge < -0.3 is 18.8 Å². The molecule has 0 bridgehead atoms. The summed E-state index contributed by atoms with van der Waals surface area (Å²) in [6, 6.07) is 1.59. The minimum Gasteiger partial charge on any atom is -0.353 e. The Bertz CT molecular complexity index is 892. The average Bonchev–Trinajstić information content (AvgIpc) is 3.06. The fourth-order valence-electron chi connectivity index (χ4n) is 2.84. The van der Waals surface area contributed by atoms with Crippen LogP contribution < -0.4 is 15.4 Å². The molecule has 0 aliphatic carbocycles. The summed E-state index contributed by atoms with van der Waals surface area (Å²) in [6.45, 7) is 3.22. The van der Waals surface area contributed by atoms with Gasteiger partial charge in [0.1, 0.15) is 5.82 Å². The molecule has 1 aliphatic heterocycles. The molecular weight excluding hydrogens is 294 g/mol. The van der Waals surface area contributed by atoms with E-state index in [1.165, 1.54) is 4.57 Å². The first-order valence-electron chi connectivity index (χ1n) is 7.52. The maximum atomic E-state index is 11.7.